The minimum absolute atomic E-state index is 0.0614. The zero-order chi connectivity index (χ0) is 19.9. The topological polar surface area (TPSA) is 43.1 Å². The van der Waals surface area contributed by atoms with Gasteiger partial charge >= 0.3 is 0 Å². The lowest BCUT2D eigenvalue weighted by Gasteiger charge is -2.14. The van der Waals surface area contributed by atoms with E-state index in [2.05, 4.69) is 6.92 Å². The minimum atomic E-state index is -0.0614. The first-order chi connectivity index (χ1) is 13.1. The summed E-state index contributed by atoms with van der Waals surface area (Å²) in [4.78, 5) is 12.6. The maximum absolute atomic E-state index is 12.6. The molecule has 0 saturated carbocycles. The largest absolute Gasteiger partial charge is 0.330 e. The molecule has 0 saturated heterocycles. The third kappa shape index (κ3) is 10.3. The molecule has 0 aliphatic heterocycles. The van der Waals surface area contributed by atoms with Gasteiger partial charge in [-0.15, -0.1) is 0 Å². The Morgan fingerprint density at radius 2 is 1.44 bits per heavy atom. The van der Waals surface area contributed by atoms with Crippen LogP contribution in [0.1, 0.15) is 106 Å². The molecule has 0 aliphatic carbocycles. The molecule has 0 spiro atoms. The molecule has 0 aliphatic rings. The van der Waals surface area contributed by atoms with Crippen LogP contribution in [-0.2, 0) is 0 Å². The summed E-state index contributed by atoms with van der Waals surface area (Å²) in [5, 5.41) is 0.705. The summed E-state index contributed by atoms with van der Waals surface area (Å²) in [7, 11) is 0. The summed E-state index contributed by atoms with van der Waals surface area (Å²) in [5.41, 5.74) is 7.56. The van der Waals surface area contributed by atoms with E-state index in [1.165, 1.54) is 70.6 Å². The highest BCUT2D eigenvalue weighted by atomic mass is 35.5. The number of benzene rings is 1. The van der Waals surface area contributed by atoms with Gasteiger partial charge in [0.1, 0.15) is 0 Å². The van der Waals surface area contributed by atoms with Crippen LogP contribution in [0.2, 0.25) is 5.02 Å². The molecule has 0 radical (unpaired) electrons. The number of Topliss-reactive ketones (excluding diaryl/α,β-unsaturated/α-hetero) is 1. The number of carbonyl (C=O) groups is 1. The number of aryl methyl sites for hydroxylation is 1. The zero-order valence-electron chi connectivity index (χ0n) is 17.6. The van der Waals surface area contributed by atoms with Crippen molar-refractivity contribution in [2.45, 2.75) is 97.3 Å². The van der Waals surface area contributed by atoms with Crippen molar-refractivity contribution in [2.24, 2.45) is 11.7 Å². The van der Waals surface area contributed by atoms with Crippen molar-refractivity contribution in [3.8, 4) is 0 Å². The highest BCUT2D eigenvalue weighted by molar-refractivity contribution is 6.31. The van der Waals surface area contributed by atoms with E-state index in [4.69, 9.17) is 17.3 Å². The van der Waals surface area contributed by atoms with Gasteiger partial charge in [0.2, 0.25) is 0 Å². The lowest BCUT2D eigenvalue weighted by molar-refractivity contribution is 0.0916. The molecular formula is C24H40ClNO. The maximum Gasteiger partial charge on any atom is 0.167 e. The number of hydrogen-bond donors (Lipinski definition) is 1. The molecule has 2 nitrogen and oxygen atoms in total. The first kappa shape index (κ1) is 24.2. The Morgan fingerprint density at radius 1 is 0.926 bits per heavy atom. The van der Waals surface area contributed by atoms with Crippen LogP contribution in [0.4, 0.5) is 0 Å². The van der Waals surface area contributed by atoms with Crippen molar-refractivity contribution in [2.75, 3.05) is 6.54 Å². The Labute approximate surface area is 172 Å². The van der Waals surface area contributed by atoms with Gasteiger partial charge in [-0.1, -0.05) is 95.6 Å². The molecule has 1 atom stereocenters. The van der Waals surface area contributed by atoms with E-state index >= 15 is 0 Å². The van der Waals surface area contributed by atoms with Crippen molar-refractivity contribution in [3.05, 3.63) is 34.3 Å². The Morgan fingerprint density at radius 3 is 1.93 bits per heavy atom. The SMILES string of the molecule is CCCCCCCCCCCCCCC(CN)C(=O)c1ccc(Cl)c(C)c1. The fourth-order valence-corrected chi connectivity index (χ4v) is 3.74. The number of hydrogen-bond acceptors (Lipinski definition) is 2. The van der Waals surface area contributed by atoms with Gasteiger partial charge in [-0.25, -0.2) is 0 Å². The maximum atomic E-state index is 12.6. The van der Waals surface area contributed by atoms with Crippen LogP contribution in [-0.4, -0.2) is 12.3 Å². The number of unbranched alkanes of at least 4 members (excludes halogenated alkanes) is 11. The van der Waals surface area contributed by atoms with E-state index in [1.54, 1.807) is 0 Å². The summed E-state index contributed by atoms with van der Waals surface area (Å²) in [5.74, 6) is 0.106. The summed E-state index contributed by atoms with van der Waals surface area (Å²) < 4.78 is 0. The molecule has 0 heterocycles. The summed E-state index contributed by atoms with van der Waals surface area (Å²) >= 11 is 6.05. The lowest BCUT2D eigenvalue weighted by atomic mass is 9.91. The molecule has 2 N–H and O–H groups in total. The quantitative estimate of drug-likeness (QED) is 0.233. The van der Waals surface area contributed by atoms with Gasteiger partial charge in [0.15, 0.2) is 5.78 Å². The van der Waals surface area contributed by atoms with Gasteiger partial charge in [-0.05, 0) is 37.1 Å². The van der Waals surface area contributed by atoms with E-state index in [0.717, 1.165) is 24.0 Å². The number of nitrogens with two attached hydrogens (primary N) is 1. The fraction of sp³-hybridized carbons (Fsp3) is 0.708. The second-order valence-corrected chi connectivity index (χ2v) is 8.35. The number of halogens is 1. The van der Waals surface area contributed by atoms with E-state index < -0.39 is 0 Å². The molecule has 3 heteroatoms. The van der Waals surface area contributed by atoms with Crippen LogP contribution in [0.15, 0.2) is 18.2 Å². The molecule has 1 aromatic carbocycles. The summed E-state index contributed by atoms with van der Waals surface area (Å²) in [6.45, 7) is 4.63. The average Bonchev–Trinajstić information content (AvgIpc) is 2.67. The van der Waals surface area contributed by atoms with Crippen LogP contribution in [0.5, 0.6) is 0 Å². The van der Waals surface area contributed by atoms with Crippen molar-refractivity contribution in [1.29, 1.82) is 0 Å². The highest BCUT2D eigenvalue weighted by Gasteiger charge is 2.18. The molecule has 0 bridgehead atoms. The highest BCUT2D eigenvalue weighted by Crippen LogP contribution is 2.21. The Bertz CT molecular complexity index is 529. The van der Waals surface area contributed by atoms with Crippen LogP contribution < -0.4 is 5.73 Å². The van der Waals surface area contributed by atoms with Gasteiger partial charge in [0, 0.05) is 23.0 Å². The molecule has 1 aromatic rings. The first-order valence-corrected chi connectivity index (χ1v) is 11.5. The van der Waals surface area contributed by atoms with E-state index in [9.17, 15) is 4.79 Å². The first-order valence-electron chi connectivity index (χ1n) is 11.1. The van der Waals surface area contributed by atoms with Crippen LogP contribution in [0, 0.1) is 12.8 Å². The molecule has 1 unspecified atom stereocenters. The van der Waals surface area contributed by atoms with Crippen molar-refractivity contribution >= 4 is 17.4 Å². The predicted molar refractivity (Wildman–Crippen MR) is 119 cm³/mol. The molecule has 27 heavy (non-hydrogen) atoms. The number of carbonyl (C=O) groups excluding carboxylic acids is 1. The Kier molecular flexibility index (Phi) is 13.5. The standard InChI is InChI=1S/C24H40ClNO/c1-3-4-5-6-7-8-9-10-11-12-13-14-15-22(19-26)24(27)21-16-17-23(25)20(2)18-21/h16-18,22H,3-15,19,26H2,1-2H3. The van der Waals surface area contributed by atoms with Crippen molar-refractivity contribution in [3.63, 3.8) is 0 Å². The molecule has 0 amide bonds. The minimum Gasteiger partial charge on any atom is -0.330 e. The number of ketones is 1. The molecule has 0 fully saturated rings. The second-order valence-electron chi connectivity index (χ2n) is 7.94. The van der Waals surface area contributed by atoms with E-state index in [0.29, 0.717) is 11.6 Å². The molecular weight excluding hydrogens is 354 g/mol. The second kappa shape index (κ2) is 15.1. The summed E-state index contributed by atoms with van der Waals surface area (Å²) in [6.07, 6.45) is 16.9. The number of rotatable bonds is 16. The third-order valence-corrected chi connectivity index (χ3v) is 5.93. The normalized spacial score (nSPS) is 12.3. The predicted octanol–water partition coefficient (Wildman–Crippen LogP) is 7.50. The lowest BCUT2D eigenvalue weighted by Crippen LogP contribution is -2.24. The van der Waals surface area contributed by atoms with Gasteiger partial charge in [0.25, 0.3) is 0 Å². The average molecular weight is 394 g/mol. The van der Waals surface area contributed by atoms with E-state index in [1.807, 2.05) is 25.1 Å². The smallest absolute Gasteiger partial charge is 0.167 e. The Hall–Kier alpha value is -0.860. The van der Waals surface area contributed by atoms with Crippen LogP contribution >= 0.6 is 11.6 Å². The van der Waals surface area contributed by atoms with Gasteiger partial charge in [0.05, 0.1) is 0 Å². The van der Waals surface area contributed by atoms with Crippen LogP contribution in [0.3, 0.4) is 0 Å². The molecule has 1 rings (SSSR count). The fourth-order valence-electron chi connectivity index (χ4n) is 3.62. The molecule has 0 aromatic heterocycles. The third-order valence-electron chi connectivity index (χ3n) is 5.50. The van der Waals surface area contributed by atoms with E-state index in [-0.39, 0.29) is 11.7 Å². The Balaban J connectivity index is 2.11. The monoisotopic (exact) mass is 393 g/mol. The van der Waals surface area contributed by atoms with Gasteiger partial charge in [-0.2, -0.15) is 0 Å². The summed E-state index contributed by atoms with van der Waals surface area (Å²) in [6, 6.07) is 5.51. The molecule has 154 valence electrons. The van der Waals surface area contributed by atoms with Crippen molar-refractivity contribution < 1.29 is 4.79 Å². The zero-order valence-corrected chi connectivity index (χ0v) is 18.3. The van der Waals surface area contributed by atoms with Crippen molar-refractivity contribution in [1.82, 2.24) is 0 Å². The van der Waals surface area contributed by atoms with Gasteiger partial charge < -0.3 is 5.73 Å². The van der Waals surface area contributed by atoms with Crippen LogP contribution in [0.25, 0.3) is 0 Å². The van der Waals surface area contributed by atoms with Gasteiger partial charge in [-0.3, -0.25) is 4.79 Å².